The first-order valence-corrected chi connectivity index (χ1v) is 3.43. The fourth-order valence-electron chi connectivity index (χ4n) is 0.550. The molecule has 1 aromatic heterocycles. The molecule has 0 bridgehead atoms. The van der Waals surface area contributed by atoms with Crippen LogP contribution in [0.2, 0.25) is 0 Å². The number of pyridine rings is 1. The Labute approximate surface area is 79.8 Å². The number of rotatable bonds is 1. The van der Waals surface area contributed by atoms with Crippen LogP contribution >= 0.6 is 15.9 Å². The van der Waals surface area contributed by atoms with Crippen LogP contribution in [0.1, 0.15) is 35.2 Å². The van der Waals surface area contributed by atoms with Crippen molar-refractivity contribution in [2.45, 2.75) is 18.6 Å². The zero-order chi connectivity index (χ0) is 14.1. The van der Waals surface area contributed by atoms with E-state index in [0.717, 1.165) is 0 Å². The fourth-order valence-corrected chi connectivity index (χ4v) is 0.737. The van der Waals surface area contributed by atoms with Gasteiger partial charge in [-0.05, 0) is 46.2 Å². The number of aromatic nitrogens is 1. The van der Waals surface area contributed by atoms with Crippen molar-refractivity contribution in [3.63, 3.8) is 0 Å². The van der Waals surface area contributed by atoms with Gasteiger partial charge in [0.25, 0.3) is 0 Å². The largest absolute Gasteiger partial charge is 0.249 e. The van der Waals surface area contributed by atoms with Crippen LogP contribution in [0.5, 0.6) is 0 Å². The van der Waals surface area contributed by atoms with Gasteiger partial charge in [-0.25, -0.2) is 4.98 Å². The minimum Gasteiger partial charge on any atom is -0.249 e. The SMILES string of the molecule is [2H]c1nc(Br)c([2H])c([2H])c1C1([2H])C([2H])([2H])C1([2H])[2H]. The summed E-state index contributed by atoms with van der Waals surface area (Å²) in [6.45, 7) is 0. The lowest BCUT2D eigenvalue weighted by molar-refractivity contribution is 1.08. The molecule has 0 atom stereocenters. The van der Waals surface area contributed by atoms with Gasteiger partial charge in [-0.2, -0.15) is 0 Å². The first kappa shape index (κ1) is 2.07. The molecule has 0 aliphatic heterocycles. The predicted octanol–water partition coefficient (Wildman–Crippen LogP) is 2.72. The Balaban J connectivity index is 2.73. The highest BCUT2D eigenvalue weighted by Crippen LogP contribution is 2.39. The van der Waals surface area contributed by atoms with Gasteiger partial charge in [0.05, 0.1) is 4.11 Å². The van der Waals surface area contributed by atoms with Crippen molar-refractivity contribution in [3.05, 3.63) is 28.4 Å². The van der Waals surface area contributed by atoms with Crippen LogP contribution in [0, 0.1) is 0 Å². The molecule has 0 aromatic carbocycles. The summed E-state index contributed by atoms with van der Waals surface area (Å²) in [5, 5.41) is 0. The second-order valence-electron chi connectivity index (χ2n) is 1.76. The maximum Gasteiger partial charge on any atom is 0.106 e. The molecular formula is C8H8BrN. The van der Waals surface area contributed by atoms with Gasteiger partial charge in [-0.1, -0.05) is 6.04 Å². The third-order valence-electron chi connectivity index (χ3n) is 1.06. The fraction of sp³-hybridized carbons (Fsp3) is 0.375. The minimum atomic E-state index is -2.51. The molecule has 0 amide bonds. The zero-order valence-electron chi connectivity index (χ0n) is 12.8. The van der Waals surface area contributed by atoms with Crippen molar-refractivity contribution < 1.29 is 11.0 Å². The lowest BCUT2D eigenvalue weighted by atomic mass is 10.2. The Hall–Kier alpha value is -0.370. The van der Waals surface area contributed by atoms with Crippen LogP contribution in [0.25, 0.3) is 0 Å². The molecule has 52 valence electrons. The van der Waals surface area contributed by atoms with Crippen molar-refractivity contribution in [1.82, 2.24) is 4.98 Å². The Morgan fingerprint density at radius 2 is 2.60 bits per heavy atom. The Kier molecular flexibility index (Phi) is 0.485. The third kappa shape index (κ3) is 1.21. The van der Waals surface area contributed by atoms with E-state index in [9.17, 15) is 0 Å². The molecule has 1 saturated carbocycles. The van der Waals surface area contributed by atoms with Crippen molar-refractivity contribution in [1.29, 1.82) is 0 Å². The molecule has 1 nitrogen and oxygen atoms in total. The van der Waals surface area contributed by atoms with E-state index >= 15 is 0 Å². The normalized spacial score (nSPS) is 42.1. The van der Waals surface area contributed by atoms with Crippen LogP contribution in [-0.4, -0.2) is 4.98 Å². The second-order valence-corrected chi connectivity index (χ2v) is 2.52. The highest BCUT2D eigenvalue weighted by Gasteiger charge is 2.23. The molecule has 1 heterocycles. The molecule has 1 aliphatic carbocycles. The van der Waals surface area contributed by atoms with E-state index in [1.807, 2.05) is 0 Å². The van der Waals surface area contributed by atoms with Crippen molar-refractivity contribution >= 4 is 15.9 Å². The maximum absolute atomic E-state index is 7.91. The number of halogens is 1. The van der Waals surface area contributed by atoms with E-state index in [1.165, 1.54) is 0 Å². The van der Waals surface area contributed by atoms with Gasteiger partial charge in [0.1, 0.15) is 4.60 Å². The molecule has 0 radical (unpaired) electrons. The molecule has 2 heteroatoms. The summed E-state index contributed by atoms with van der Waals surface area (Å²) in [4.78, 5) is 3.59. The van der Waals surface area contributed by atoms with E-state index in [4.69, 9.17) is 11.0 Å². The Morgan fingerprint density at radius 3 is 3.30 bits per heavy atom. The molecule has 1 aromatic rings. The van der Waals surface area contributed by atoms with Crippen molar-refractivity contribution in [2.75, 3.05) is 0 Å². The lowest BCUT2D eigenvalue weighted by Gasteiger charge is -1.94. The molecule has 0 unspecified atom stereocenters. The van der Waals surface area contributed by atoms with Crippen LogP contribution in [0.15, 0.2) is 22.9 Å². The lowest BCUT2D eigenvalue weighted by Crippen LogP contribution is -1.80. The molecule has 0 N–H and O–H groups in total. The molecule has 2 rings (SSSR count). The van der Waals surface area contributed by atoms with E-state index in [-0.39, 0.29) is 10.6 Å². The summed E-state index contributed by atoms with van der Waals surface area (Å²) in [6, 6.07) is -0.923. The van der Waals surface area contributed by atoms with Crippen molar-refractivity contribution in [2.24, 2.45) is 0 Å². The highest BCUT2D eigenvalue weighted by molar-refractivity contribution is 9.10. The van der Waals surface area contributed by atoms with Gasteiger partial charge in [0.2, 0.25) is 0 Å². The average molecular weight is 206 g/mol. The molecule has 1 fully saturated rings. The van der Waals surface area contributed by atoms with Gasteiger partial charge in [-0.15, -0.1) is 0 Å². The van der Waals surface area contributed by atoms with Crippen molar-refractivity contribution in [3.8, 4) is 0 Å². The van der Waals surface area contributed by atoms with Gasteiger partial charge in [0, 0.05) is 13.0 Å². The quantitative estimate of drug-likeness (QED) is 0.644. The van der Waals surface area contributed by atoms with Gasteiger partial charge in [-0.3, -0.25) is 0 Å². The summed E-state index contributed by atoms with van der Waals surface area (Å²) >= 11 is 2.89. The van der Waals surface area contributed by atoms with E-state index in [1.54, 1.807) is 0 Å². The monoisotopic (exact) mass is 205 g/mol. The summed E-state index contributed by atoms with van der Waals surface area (Å²) in [5.41, 5.74) is -0.481. The molecule has 0 spiro atoms. The average Bonchev–Trinajstić information content (AvgIpc) is 2.54. The standard InChI is InChI=1S/C8H8BrN/c9-8-4-3-7(5-10-8)6-1-2-6/h3-6H,1-2H2/i1D2,2D2,3D,4D,5D,6D. The van der Waals surface area contributed by atoms with Crippen LogP contribution in [-0.2, 0) is 0 Å². The Morgan fingerprint density at radius 1 is 1.80 bits per heavy atom. The second kappa shape index (κ2) is 2.35. The van der Waals surface area contributed by atoms with E-state index < -0.39 is 36.4 Å². The molecule has 1 aliphatic rings. The zero-order valence-corrected chi connectivity index (χ0v) is 6.41. The summed E-state index contributed by atoms with van der Waals surface area (Å²) in [7, 11) is 0. The predicted molar refractivity (Wildman–Crippen MR) is 43.9 cm³/mol. The van der Waals surface area contributed by atoms with E-state index in [2.05, 4.69) is 20.9 Å². The van der Waals surface area contributed by atoms with Crippen LogP contribution in [0.4, 0.5) is 0 Å². The first-order chi connectivity index (χ1) is 8.00. The number of nitrogens with zero attached hydrogens (tertiary/aromatic N) is 1. The summed E-state index contributed by atoms with van der Waals surface area (Å²) in [5.74, 6) is -2.36. The number of hydrogen-bond donors (Lipinski definition) is 0. The smallest absolute Gasteiger partial charge is 0.106 e. The Bertz CT molecular complexity index is 528. The van der Waals surface area contributed by atoms with Gasteiger partial charge >= 0.3 is 0 Å². The van der Waals surface area contributed by atoms with E-state index in [0.29, 0.717) is 0 Å². The topological polar surface area (TPSA) is 12.9 Å². The maximum atomic E-state index is 7.91. The molecule has 10 heavy (non-hydrogen) atoms. The highest BCUT2D eigenvalue weighted by atomic mass is 79.9. The molecular weight excluding hydrogens is 190 g/mol. The minimum absolute atomic E-state index is 0.0494. The van der Waals surface area contributed by atoms with Gasteiger partial charge in [0.15, 0.2) is 0 Å². The first-order valence-electron chi connectivity index (χ1n) is 6.64. The number of hydrogen-bond acceptors (Lipinski definition) is 1. The summed E-state index contributed by atoms with van der Waals surface area (Å²) in [6.07, 6.45) is -5.57. The summed E-state index contributed by atoms with van der Waals surface area (Å²) < 4.78 is 60.7. The van der Waals surface area contributed by atoms with Crippen LogP contribution < -0.4 is 0 Å². The van der Waals surface area contributed by atoms with Crippen LogP contribution in [0.3, 0.4) is 0 Å². The third-order valence-corrected chi connectivity index (χ3v) is 1.43. The molecule has 0 saturated heterocycles. The van der Waals surface area contributed by atoms with Gasteiger partial charge < -0.3 is 0 Å².